The molecule has 0 bridgehead atoms. The molecule has 1 aliphatic heterocycles. The van der Waals surface area contributed by atoms with Crippen LogP contribution in [0.2, 0.25) is 19.6 Å². The molecule has 0 radical (unpaired) electrons. The molecular formula is C24H43NO5Si. The van der Waals surface area contributed by atoms with Gasteiger partial charge in [-0.2, -0.15) is 0 Å². The first-order valence-electron chi connectivity index (χ1n) is 11.9. The Morgan fingerprint density at radius 1 is 1.19 bits per heavy atom. The standard InChI is InChI=1S/C24H43NO5Si/c1-18-16-19(11-15-26)24(21(17-18)30-31(5,6)7)12-9-14-25(13-8-10-20(24)27)22(28)29-23(2,3)4/h15,18-19,21H,8-14,16-17H2,1-7H3. The van der Waals surface area contributed by atoms with E-state index in [9.17, 15) is 14.4 Å². The van der Waals surface area contributed by atoms with Gasteiger partial charge in [-0.25, -0.2) is 4.79 Å². The van der Waals surface area contributed by atoms with Crippen LogP contribution in [0.15, 0.2) is 0 Å². The largest absolute Gasteiger partial charge is 0.444 e. The van der Waals surface area contributed by atoms with Gasteiger partial charge in [-0.1, -0.05) is 6.92 Å². The summed E-state index contributed by atoms with van der Waals surface area (Å²) in [4.78, 5) is 39.8. The first kappa shape index (κ1) is 26.0. The second kappa shape index (κ2) is 10.2. The average Bonchev–Trinajstić information content (AvgIpc) is 2.67. The lowest BCUT2D eigenvalue weighted by Gasteiger charge is -2.51. The van der Waals surface area contributed by atoms with Gasteiger partial charge in [0.05, 0.1) is 11.5 Å². The van der Waals surface area contributed by atoms with Gasteiger partial charge in [0.25, 0.3) is 0 Å². The van der Waals surface area contributed by atoms with E-state index in [1.807, 2.05) is 20.8 Å². The first-order valence-corrected chi connectivity index (χ1v) is 15.3. The summed E-state index contributed by atoms with van der Waals surface area (Å²) in [5, 5.41) is 0. The summed E-state index contributed by atoms with van der Waals surface area (Å²) in [6.45, 7) is 15.4. The molecule has 4 atom stereocenters. The molecule has 0 aromatic rings. The molecule has 2 aliphatic rings. The number of amides is 1. The molecule has 0 aromatic heterocycles. The van der Waals surface area contributed by atoms with E-state index in [1.54, 1.807) is 4.90 Å². The predicted molar refractivity (Wildman–Crippen MR) is 125 cm³/mol. The Bertz CT molecular complexity index is 653. The Hall–Kier alpha value is -1.21. The minimum Gasteiger partial charge on any atom is -0.444 e. The van der Waals surface area contributed by atoms with Crippen molar-refractivity contribution in [2.24, 2.45) is 17.3 Å². The van der Waals surface area contributed by atoms with Crippen molar-refractivity contribution in [1.29, 1.82) is 0 Å². The van der Waals surface area contributed by atoms with Gasteiger partial charge in [0, 0.05) is 25.9 Å². The summed E-state index contributed by atoms with van der Waals surface area (Å²) in [7, 11) is -1.89. The summed E-state index contributed by atoms with van der Waals surface area (Å²) in [6.07, 6.45) is 5.05. The molecule has 1 aliphatic carbocycles. The number of carbonyl (C=O) groups excluding carboxylic acids is 3. The number of rotatable bonds is 4. The summed E-state index contributed by atoms with van der Waals surface area (Å²) in [5.74, 6) is 0.659. The van der Waals surface area contributed by atoms with Crippen molar-refractivity contribution in [2.45, 2.75) is 104 Å². The van der Waals surface area contributed by atoms with Crippen LogP contribution in [0.25, 0.3) is 0 Å². The number of carbonyl (C=O) groups is 3. The fourth-order valence-electron chi connectivity index (χ4n) is 5.39. The maximum absolute atomic E-state index is 13.8. The zero-order chi connectivity index (χ0) is 23.4. The number of Topliss-reactive ketones (excluding diaryl/α,β-unsaturated/α-hetero) is 1. The fraction of sp³-hybridized carbons (Fsp3) is 0.875. The second-order valence-corrected chi connectivity index (χ2v) is 16.0. The number of aldehydes is 1. The van der Waals surface area contributed by atoms with Crippen LogP contribution in [-0.2, 0) is 18.8 Å². The molecular weight excluding hydrogens is 410 g/mol. The maximum Gasteiger partial charge on any atom is 0.410 e. The Morgan fingerprint density at radius 2 is 1.84 bits per heavy atom. The smallest absolute Gasteiger partial charge is 0.410 e. The molecule has 2 rings (SSSR count). The van der Waals surface area contributed by atoms with Gasteiger partial charge in [0.2, 0.25) is 0 Å². The topological polar surface area (TPSA) is 72.9 Å². The highest BCUT2D eigenvalue weighted by Gasteiger charge is 2.54. The normalized spacial score (nSPS) is 31.0. The van der Waals surface area contributed by atoms with E-state index in [0.717, 1.165) is 19.1 Å². The van der Waals surface area contributed by atoms with Crippen LogP contribution in [0.1, 0.15) is 72.6 Å². The van der Waals surface area contributed by atoms with Crippen molar-refractivity contribution < 1.29 is 23.5 Å². The highest BCUT2D eigenvalue weighted by atomic mass is 28.4. The van der Waals surface area contributed by atoms with Crippen molar-refractivity contribution in [3.05, 3.63) is 0 Å². The molecule has 6 nitrogen and oxygen atoms in total. The molecule has 1 saturated carbocycles. The molecule has 31 heavy (non-hydrogen) atoms. The average molecular weight is 454 g/mol. The van der Waals surface area contributed by atoms with Crippen molar-refractivity contribution >= 4 is 26.5 Å². The van der Waals surface area contributed by atoms with Crippen molar-refractivity contribution in [3.63, 3.8) is 0 Å². The number of ketones is 1. The maximum atomic E-state index is 13.8. The minimum absolute atomic E-state index is 0.00989. The molecule has 1 saturated heterocycles. The monoisotopic (exact) mass is 453 g/mol. The summed E-state index contributed by atoms with van der Waals surface area (Å²) < 4.78 is 12.2. The zero-order valence-corrected chi connectivity index (χ0v) is 21.7. The Kier molecular flexibility index (Phi) is 8.53. The van der Waals surface area contributed by atoms with E-state index in [0.29, 0.717) is 51.1 Å². The van der Waals surface area contributed by atoms with Gasteiger partial charge >= 0.3 is 6.09 Å². The third kappa shape index (κ3) is 6.88. The van der Waals surface area contributed by atoms with Gasteiger partial charge in [0.1, 0.15) is 17.7 Å². The van der Waals surface area contributed by atoms with Crippen molar-refractivity contribution in [3.8, 4) is 0 Å². The van der Waals surface area contributed by atoms with Gasteiger partial charge in [0.15, 0.2) is 8.32 Å². The highest BCUT2D eigenvalue weighted by Crippen LogP contribution is 2.51. The minimum atomic E-state index is -1.89. The van der Waals surface area contributed by atoms with E-state index in [-0.39, 0.29) is 23.9 Å². The molecule has 2 fully saturated rings. The fourth-order valence-corrected chi connectivity index (χ4v) is 6.55. The van der Waals surface area contributed by atoms with E-state index < -0.39 is 19.3 Å². The molecule has 1 amide bonds. The van der Waals surface area contributed by atoms with Crippen molar-refractivity contribution in [2.75, 3.05) is 13.1 Å². The zero-order valence-electron chi connectivity index (χ0n) is 20.7. The van der Waals surface area contributed by atoms with Gasteiger partial charge < -0.3 is 18.9 Å². The van der Waals surface area contributed by atoms with Gasteiger partial charge in [-0.3, -0.25) is 4.79 Å². The third-order valence-corrected chi connectivity index (χ3v) is 7.50. The van der Waals surface area contributed by atoms with Crippen LogP contribution >= 0.6 is 0 Å². The second-order valence-electron chi connectivity index (χ2n) is 11.5. The third-order valence-electron chi connectivity index (χ3n) is 6.50. The van der Waals surface area contributed by atoms with E-state index in [4.69, 9.17) is 9.16 Å². The molecule has 7 heteroatoms. The highest BCUT2D eigenvalue weighted by molar-refractivity contribution is 6.69. The van der Waals surface area contributed by atoms with Gasteiger partial charge in [-0.15, -0.1) is 0 Å². The SMILES string of the molecule is CC1CC(CC=O)C2(CCCN(C(=O)OC(C)(C)C)CCCC2=O)C(O[Si](C)(C)C)C1. The van der Waals surface area contributed by atoms with E-state index in [1.165, 1.54) is 0 Å². The Balaban J connectivity index is 2.33. The van der Waals surface area contributed by atoms with Gasteiger partial charge in [-0.05, 0) is 84.4 Å². The lowest BCUT2D eigenvalue weighted by molar-refractivity contribution is -0.149. The molecule has 178 valence electrons. The number of ether oxygens (including phenoxy) is 1. The summed E-state index contributed by atoms with van der Waals surface area (Å²) in [6, 6.07) is 0. The van der Waals surface area contributed by atoms with Crippen LogP contribution in [-0.4, -0.2) is 56.2 Å². The molecule has 0 aromatic carbocycles. The summed E-state index contributed by atoms with van der Waals surface area (Å²) >= 11 is 0. The van der Waals surface area contributed by atoms with Crippen LogP contribution in [0, 0.1) is 17.3 Å². The van der Waals surface area contributed by atoms with Crippen LogP contribution in [0.5, 0.6) is 0 Å². The number of nitrogens with zero attached hydrogens (tertiary/aromatic N) is 1. The Labute approximate surface area is 189 Å². The van der Waals surface area contributed by atoms with Crippen molar-refractivity contribution in [1.82, 2.24) is 4.90 Å². The molecule has 4 unspecified atom stereocenters. The number of hydrogen-bond acceptors (Lipinski definition) is 5. The predicted octanol–water partition coefficient (Wildman–Crippen LogP) is 5.21. The van der Waals surface area contributed by atoms with E-state index in [2.05, 4.69) is 26.6 Å². The quantitative estimate of drug-likeness (QED) is 0.432. The number of hydrogen-bond donors (Lipinski definition) is 0. The van der Waals surface area contributed by atoms with Crippen LogP contribution < -0.4 is 0 Å². The van der Waals surface area contributed by atoms with Crippen LogP contribution in [0.4, 0.5) is 4.79 Å². The molecule has 1 heterocycles. The molecule has 0 N–H and O–H groups in total. The summed E-state index contributed by atoms with van der Waals surface area (Å²) in [5.41, 5.74) is -1.17. The lowest BCUT2D eigenvalue weighted by atomic mass is 9.56. The van der Waals surface area contributed by atoms with Crippen LogP contribution in [0.3, 0.4) is 0 Å². The lowest BCUT2D eigenvalue weighted by Crippen LogP contribution is -2.56. The van der Waals surface area contributed by atoms with E-state index >= 15 is 0 Å². The molecule has 1 spiro atoms. The first-order chi connectivity index (χ1) is 14.3. The Morgan fingerprint density at radius 3 is 2.42 bits per heavy atom.